The van der Waals surface area contributed by atoms with Gasteiger partial charge in [-0.05, 0) is 12.0 Å². The Morgan fingerprint density at radius 1 is 1.35 bits per heavy atom. The maximum Gasteiger partial charge on any atom is 0.360 e. The fourth-order valence-electron chi connectivity index (χ4n) is 1.52. The monoisotopic (exact) mass is 232 g/mol. The van der Waals surface area contributed by atoms with Crippen molar-refractivity contribution in [2.45, 2.75) is 13.0 Å². The minimum atomic E-state index is -1.16. The van der Waals surface area contributed by atoms with Gasteiger partial charge in [-0.15, -0.1) is 5.10 Å². The van der Waals surface area contributed by atoms with Gasteiger partial charge in [-0.3, -0.25) is 0 Å². The van der Waals surface area contributed by atoms with Crippen molar-refractivity contribution in [2.24, 2.45) is 0 Å². The topological polar surface area (TPSA) is 94.0 Å². The van der Waals surface area contributed by atoms with Crippen molar-refractivity contribution in [3.05, 3.63) is 41.6 Å². The second-order valence-electron chi connectivity index (χ2n) is 3.59. The van der Waals surface area contributed by atoms with Crippen LogP contribution >= 0.6 is 0 Å². The van der Waals surface area contributed by atoms with Gasteiger partial charge in [0, 0.05) is 6.54 Å². The van der Waals surface area contributed by atoms with Gasteiger partial charge in [0.2, 0.25) is 5.69 Å². The summed E-state index contributed by atoms with van der Waals surface area (Å²) in [5.74, 6) is -1.07. The average Bonchev–Trinajstić information content (AvgIpc) is 2.69. The Bertz CT molecular complexity index is 522. The van der Waals surface area contributed by atoms with Gasteiger partial charge in [0.1, 0.15) is 0 Å². The first-order chi connectivity index (χ1) is 8.18. The normalized spacial score (nSPS) is 10.4. The number of carboxylic acids is 1. The van der Waals surface area contributed by atoms with Crippen LogP contribution in [0.5, 0.6) is 0 Å². The lowest BCUT2D eigenvalue weighted by molar-refractivity contribution is 0.0691. The number of carbonyl (C=O) groups is 1. The molecule has 88 valence electrons. The molecule has 0 saturated heterocycles. The fourth-order valence-corrected chi connectivity index (χ4v) is 1.52. The van der Waals surface area contributed by atoms with Gasteiger partial charge >= 0.3 is 5.97 Å². The highest BCUT2D eigenvalue weighted by molar-refractivity contribution is 5.90. The largest absolute Gasteiger partial charge is 0.476 e. The van der Waals surface area contributed by atoms with Crippen molar-refractivity contribution in [2.75, 3.05) is 5.73 Å². The number of hydrogen-bond donors (Lipinski definition) is 2. The second kappa shape index (κ2) is 4.65. The Morgan fingerprint density at radius 2 is 2.06 bits per heavy atom. The lowest BCUT2D eigenvalue weighted by Crippen LogP contribution is -2.09. The van der Waals surface area contributed by atoms with Gasteiger partial charge in [0.15, 0.2) is 5.82 Å². The van der Waals surface area contributed by atoms with Crippen molar-refractivity contribution in [3.8, 4) is 0 Å². The highest BCUT2D eigenvalue weighted by atomic mass is 16.4. The Labute approximate surface area is 97.7 Å². The van der Waals surface area contributed by atoms with E-state index in [9.17, 15) is 4.79 Å². The van der Waals surface area contributed by atoms with E-state index < -0.39 is 5.97 Å². The number of anilines is 1. The van der Waals surface area contributed by atoms with Crippen LogP contribution in [-0.2, 0) is 13.0 Å². The van der Waals surface area contributed by atoms with E-state index in [1.165, 1.54) is 4.68 Å². The summed E-state index contributed by atoms with van der Waals surface area (Å²) in [5, 5.41) is 16.0. The van der Waals surface area contributed by atoms with Crippen LogP contribution in [-0.4, -0.2) is 26.1 Å². The van der Waals surface area contributed by atoms with Crippen LogP contribution in [0.2, 0.25) is 0 Å². The zero-order valence-electron chi connectivity index (χ0n) is 9.08. The van der Waals surface area contributed by atoms with Crippen LogP contribution in [0, 0.1) is 0 Å². The fraction of sp³-hybridized carbons (Fsp3) is 0.182. The molecule has 17 heavy (non-hydrogen) atoms. The maximum atomic E-state index is 10.7. The molecule has 0 spiro atoms. The van der Waals surface area contributed by atoms with Crippen molar-refractivity contribution in [3.63, 3.8) is 0 Å². The molecule has 0 bridgehead atoms. The molecule has 0 radical (unpaired) electrons. The maximum absolute atomic E-state index is 10.7. The Hall–Kier alpha value is -2.37. The molecular weight excluding hydrogens is 220 g/mol. The third kappa shape index (κ3) is 2.41. The van der Waals surface area contributed by atoms with E-state index in [1.807, 2.05) is 30.3 Å². The highest BCUT2D eigenvalue weighted by Gasteiger charge is 2.15. The summed E-state index contributed by atoms with van der Waals surface area (Å²) in [6.07, 6.45) is 0.730. The van der Waals surface area contributed by atoms with Crippen LogP contribution in [0.1, 0.15) is 16.1 Å². The molecule has 0 unspecified atom stereocenters. The third-order valence-corrected chi connectivity index (χ3v) is 2.43. The molecule has 0 atom stereocenters. The summed E-state index contributed by atoms with van der Waals surface area (Å²) < 4.78 is 1.40. The lowest BCUT2D eigenvalue weighted by Gasteiger charge is -2.02. The predicted molar refractivity (Wildman–Crippen MR) is 61.5 cm³/mol. The number of nitrogen functional groups attached to an aromatic ring is 1. The number of carboxylic acid groups (broad SMARTS) is 1. The van der Waals surface area contributed by atoms with Gasteiger partial charge in [-0.25, -0.2) is 9.48 Å². The summed E-state index contributed by atoms with van der Waals surface area (Å²) in [7, 11) is 0. The van der Waals surface area contributed by atoms with E-state index >= 15 is 0 Å². The molecule has 0 aliphatic carbocycles. The van der Waals surface area contributed by atoms with Crippen molar-refractivity contribution < 1.29 is 9.90 Å². The van der Waals surface area contributed by atoms with Crippen molar-refractivity contribution in [1.29, 1.82) is 0 Å². The smallest absolute Gasteiger partial charge is 0.360 e. The summed E-state index contributed by atoms with van der Waals surface area (Å²) in [6.45, 7) is 0.510. The number of benzene rings is 1. The second-order valence-corrected chi connectivity index (χ2v) is 3.59. The average molecular weight is 232 g/mol. The summed E-state index contributed by atoms with van der Waals surface area (Å²) in [5.41, 5.74) is 6.57. The molecule has 1 aromatic heterocycles. The van der Waals surface area contributed by atoms with Crippen LogP contribution in [0.15, 0.2) is 30.3 Å². The standard InChI is InChI=1S/C11H12N4O2/c12-10-9(11(16)17)13-14-15(10)7-6-8-4-2-1-3-5-8/h1-5H,6-7,12H2,(H,16,17). The Morgan fingerprint density at radius 3 is 2.65 bits per heavy atom. The van der Waals surface area contributed by atoms with E-state index in [4.69, 9.17) is 10.8 Å². The van der Waals surface area contributed by atoms with Crippen molar-refractivity contribution in [1.82, 2.24) is 15.0 Å². The van der Waals surface area contributed by atoms with Crippen molar-refractivity contribution >= 4 is 11.8 Å². The Balaban J connectivity index is 2.07. The predicted octanol–water partition coefficient (Wildman–Crippen LogP) is 0.801. The third-order valence-electron chi connectivity index (χ3n) is 2.43. The van der Waals surface area contributed by atoms with Gasteiger partial charge in [-0.1, -0.05) is 35.5 Å². The summed E-state index contributed by atoms with van der Waals surface area (Å²) in [4.78, 5) is 10.7. The molecule has 0 aliphatic rings. The van der Waals surface area contributed by atoms with E-state index in [0.717, 1.165) is 12.0 Å². The molecule has 0 aliphatic heterocycles. The molecule has 0 saturated carbocycles. The zero-order chi connectivity index (χ0) is 12.3. The number of hydrogen-bond acceptors (Lipinski definition) is 4. The molecule has 0 amide bonds. The van der Waals surface area contributed by atoms with Gasteiger partial charge in [-0.2, -0.15) is 0 Å². The molecular formula is C11H12N4O2. The number of aromatic carboxylic acids is 1. The molecule has 2 aromatic rings. The first-order valence-electron chi connectivity index (χ1n) is 5.14. The highest BCUT2D eigenvalue weighted by Crippen LogP contribution is 2.09. The van der Waals surface area contributed by atoms with E-state index in [1.54, 1.807) is 0 Å². The molecule has 1 aromatic carbocycles. The number of nitrogens with two attached hydrogens (primary N) is 1. The summed E-state index contributed by atoms with van der Waals surface area (Å²) in [6, 6.07) is 9.82. The van der Waals surface area contributed by atoms with Crippen LogP contribution in [0.3, 0.4) is 0 Å². The minimum Gasteiger partial charge on any atom is -0.476 e. The number of nitrogens with zero attached hydrogens (tertiary/aromatic N) is 3. The number of rotatable bonds is 4. The van der Waals surface area contributed by atoms with Gasteiger partial charge in [0.25, 0.3) is 0 Å². The first kappa shape index (κ1) is 11.1. The summed E-state index contributed by atoms with van der Waals surface area (Å²) >= 11 is 0. The van der Waals surface area contributed by atoms with Crippen LogP contribution in [0.25, 0.3) is 0 Å². The van der Waals surface area contributed by atoms with E-state index in [0.29, 0.717) is 6.54 Å². The Kier molecular flexibility index (Phi) is 3.04. The molecule has 6 nitrogen and oxygen atoms in total. The minimum absolute atomic E-state index is 0.0911. The van der Waals surface area contributed by atoms with Crippen LogP contribution < -0.4 is 5.73 Å². The first-order valence-corrected chi connectivity index (χ1v) is 5.14. The lowest BCUT2D eigenvalue weighted by atomic mass is 10.1. The molecule has 1 heterocycles. The molecule has 2 rings (SSSR count). The van der Waals surface area contributed by atoms with Crippen LogP contribution in [0.4, 0.5) is 5.82 Å². The molecule has 0 fully saturated rings. The SMILES string of the molecule is Nc1c(C(=O)O)nnn1CCc1ccccc1. The number of aryl methyl sites for hydroxylation is 2. The van der Waals surface area contributed by atoms with Gasteiger partial charge in [0.05, 0.1) is 0 Å². The molecule has 6 heteroatoms. The van der Waals surface area contributed by atoms with Gasteiger partial charge < -0.3 is 10.8 Å². The van der Waals surface area contributed by atoms with E-state index in [2.05, 4.69) is 10.3 Å². The van der Waals surface area contributed by atoms with E-state index in [-0.39, 0.29) is 11.5 Å². The number of aromatic nitrogens is 3. The molecule has 3 N–H and O–H groups in total. The zero-order valence-corrected chi connectivity index (χ0v) is 9.08. The quantitative estimate of drug-likeness (QED) is 0.813.